The van der Waals surface area contributed by atoms with E-state index in [1.165, 1.54) is 18.4 Å². The molecule has 3 heteroatoms. The lowest BCUT2D eigenvalue weighted by Gasteiger charge is -2.29. The Morgan fingerprint density at radius 1 is 1.33 bits per heavy atom. The fourth-order valence-corrected chi connectivity index (χ4v) is 2.65. The first-order chi connectivity index (χ1) is 8.85. The van der Waals surface area contributed by atoms with E-state index in [9.17, 15) is 0 Å². The van der Waals surface area contributed by atoms with Crippen molar-refractivity contribution in [2.24, 2.45) is 0 Å². The van der Waals surface area contributed by atoms with Crippen molar-refractivity contribution in [1.29, 1.82) is 0 Å². The maximum absolute atomic E-state index is 5.46. The number of piperidine rings is 1. The zero-order valence-corrected chi connectivity index (χ0v) is 11.4. The van der Waals surface area contributed by atoms with E-state index in [4.69, 9.17) is 4.74 Å². The van der Waals surface area contributed by atoms with Crippen molar-refractivity contribution < 1.29 is 4.74 Å². The smallest absolute Gasteiger partial charge is 0.123 e. The number of para-hydroxylation sites is 1. The molecule has 18 heavy (non-hydrogen) atoms. The molecule has 100 valence electrons. The molecule has 1 unspecified atom stereocenters. The van der Waals surface area contributed by atoms with Crippen LogP contribution in [-0.4, -0.2) is 26.2 Å². The van der Waals surface area contributed by atoms with E-state index in [0.29, 0.717) is 12.1 Å². The summed E-state index contributed by atoms with van der Waals surface area (Å²) in [7, 11) is 1.75. The van der Waals surface area contributed by atoms with E-state index in [-0.39, 0.29) is 0 Å². The zero-order valence-electron chi connectivity index (χ0n) is 11.4. The molecule has 1 heterocycles. The lowest BCUT2D eigenvalue weighted by Crippen LogP contribution is -2.41. The van der Waals surface area contributed by atoms with E-state index in [0.717, 1.165) is 25.3 Å². The Labute approximate surface area is 110 Å². The van der Waals surface area contributed by atoms with E-state index >= 15 is 0 Å². The Bertz CT molecular complexity index is 361. The number of nitrogens with one attached hydrogen (secondary N) is 2. The highest BCUT2D eigenvalue weighted by atomic mass is 16.5. The average Bonchev–Trinajstić information content (AvgIpc) is 2.46. The van der Waals surface area contributed by atoms with Gasteiger partial charge in [-0.15, -0.1) is 0 Å². The molecule has 0 spiro atoms. The third-order valence-corrected chi connectivity index (χ3v) is 3.70. The number of benzene rings is 1. The van der Waals surface area contributed by atoms with Gasteiger partial charge < -0.3 is 15.4 Å². The topological polar surface area (TPSA) is 33.3 Å². The monoisotopic (exact) mass is 248 g/mol. The minimum Gasteiger partial charge on any atom is -0.496 e. The molecule has 1 aliphatic rings. The molecule has 1 atom stereocenters. The lowest BCUT2D eigenvalue weighted by molar-refractivity contribution is 0.336. The second-order valence-electron chi connectivity index (χ2n) is 4.89. The average molecular weight is 248 g/mol. The lowest BCUT2D eigenvalue weighted by atomic mass is 9.99. The summed E-state index contributed by atoms with van der Waals surface area (Å²) in [5, 5.41) is 7.18. The van der Waals surface area contributed by atoms with Crippen LogP contribution in [0.3, 0.4) is 0 Å². The first-order valence-electron chi connectivity index (χ1n) is 6.94. The fourth-order valence-electron chi connectivity index (χ4n) is 2.65. The van der Waals surface area contributed by atoms with Gasteiger partial charge >= 0.3 is 0 Å². The van der Waals surface area contributed by atoms with Crippen molar-refractivity contribution in [1.82, 2.24) is 10.6 Å². The highest BCUT2D eigenvalue weighted by Crippen LogP contribution is 2.27. The van der Waals surface area contributed by atoms with E-state index in [1.54, 1.807) is 7.11 Å². The molecule has 2 rings (SSSR count). The van der Waals surface area contributed by atoms with Gasteiger partial charge in [0.25, 0.3) is 0 Å². The second kappa shape index (κ2) is 6.76. The van der Waals surface area contributed by atoms with Crippen LogP contribution in [0.1, 0.15) is 37.8 Å². The van der Waals surface area contributed by atoms with Crippen molar-refractivity contribution >= 4 is 0 Å². The van der Waals surface area contributed by atoms with E-state index < -0.39 is 0 Å². The highest BCUT2D eigenvalue weighted by molar-refractivity contribution is 5.35. The summed E-state index contributed by atoms with van der Waals surface area (Å²) in [5.41, 5.74) is 1.28. The van der Waals surface area contributed by atoms with E-state index in [1.807, 2.05) is 12.1 Å². The van der Waals surface area contributed by atoms with Crippen LogP contribution in [0.15, 0.2) is 24.3 Å². The van der Waals surface area contributed by atoms with Gasteiger partial charge in [-0.3, -0.25) is 0 Å². The Balaban J connectivity index is 2.07. The molecule has 1 aliphatic heterocycles. The largest absolute Gasteiger partial charge is 0.496 e. The van der Waals surface area contributed by atoms with Crippen LogP contribution in [0.4, 0.5) is 0 Å². The third-order valence-electron chi connectivity index (χ3n) is 3.70. The Morgan fingerprint density at radius 3 is 2.72 bits per heavy atom. The SMILES string of the molecule is CCC(NC1CCNCC1)c1ccccc1OC. The number of rotatable bonds is 5. The molecule has 2 N–H and O–H groups in total. The summed E-state index contributed by atoms with van der Waals surface area (Å²) in [5.74, 6) is 0.991. The van der Waals surface area contributed by atoms with Crippen LogP contribution in [-0.2, 0) is 0 Å². The summed E-state index contributed by atoms with van der Waals surface area (Å²) in [6.45, 7) is 4.48. The molecule has 1 aromatic rings. The first kappa shape index (κ1) is 13.4. The normalized spacial score (nSPS) is 18.6. The predicted molar refractivity (Wildman–Crippen MR) is 75.1 cm³/mol. The van der Waals surface area contributed by atoms with Crippen LogP contribution < -0.4 is 15.4 Å². The van der Waals surface area contributed by atoms with Crippen molar-refractivity contribution in [2.45, 2.75) is 38.3 Å². The van der Waals surface area contributed by atoms with Gasteiger partial charge in [0.15, 0.2) is 0 Å². The van der Waals surface area contributed by atoms with Gasteiger partial charge in [-0.1, -0.05) is 25.1 Å². The van der Waals surface area contributed by atoms with Crippen LogP contribution in [0.2, 0.25) is 0 Å². The maximum atomic E-state index is 5.46. The molecule has 0 saturated carbocycles. The fraction of sp³-hybridized carbons (Fsp3) is 0.600. The molecule has 0 bridgehead atoms. The van der Waals surface area contributed by atoms with Gasteiger partial charge in [0.2, 0.25) is 0 Å². The van der Waals surface area contributed by atoms with Crippen LogP contribution in [0.25, 0.3) is 0 Å². The Morgan fingerprint density at radius 2 is 2.06 bits per heavy atom. The third kappa shape index (κ3) is 3.24. The standard InChI is InChI=1S/C15H24N2O/c1-3-14(17-12-8-10-16-11-9-12)13-6-4-5-7-15(13)18-2/h4-7,12,14,16-17H,3,8-11H2,1-2H3. The molecule has 1 aromatic carbocycles. The second-order valence-corrected chi connectivity index (χ2v) is 4.89. The van der Waals surface area contributed by atoms with Gasteiger partial charge in [-0.25, -0.2) is 0 Å². The van der Waals surface area contributed by atoms with Gasteiger partial charge in [0.1, 0.15) is 5.75 Å². The summed E-state index contributed by atoms with van der Waals surface area (Å²) in [4.78, 5) is 0. The number of methoxy groups -OCH3 is 1. The van der Waals surface area contributed by atoms with Gasteiger partial charge in [-0.2, -0.15) is 0 Å². The molecular weight excluding hydrogens is 224 g/mol. The zero-order chi connectivity index (χ0) is 12.8. The number of ether oxygens (including phenoxy) is 1. The molecule has 0 amide bonds. The maximum Gasteiger partial charge on any atom is 0.123 e. The molecular formula is C15H24N2O. The minimum atomic E-state index is 0.393. The Kier molecular flexibility index (Phi) is 5.02. The van der Waals surface area contributed by atoms with Gasteiger partial charge in [0.05, 0.1) is 7.11 Å². The summed E-state index contributed by atoms with van der Waals surface area (Å²) in [6, 6.07) is 9.35. The van der Waals surface area contributed by atoms with Crippen molar-refractivity contribution in [2.75, 3.05) is 20.2 Å². The summed E-state index contributed by atoms with van der Waals surface area (Å²) in [6.07, 6.45) is 3.52. The number of hydrogen-bond donors (Lipinski definition) is 2. The summed E-state index contributed by atoms with van der Waals surface area (Å²) < 4.78 is 5.46. The molecule has 0 aliphatic carbocycles. The predicted octanol–water partition coefficient (Wildman–Crippen LogP) is 2.49. The number of hydrogen-bond acceptors (Lipinski definition) is 3. The quantitative estimate of drug-likeness (QED) is 0.840. The first-order valence-corrected chi connectivity index (χ1v) is 6.94. The molecule has 3 nitrogen and oxygen atoms in total. The molecule has 0 radical (unpaired) electrons. The van der Waals surface area contributed by atoms with Crippen molar-refractivity contribution in [3.05, 3.63) is 29.8 Å². The van der Waals surface area contributed by atoms with Gasteiger partial charge in [0, 0.05) is 17.6 Å². The van der Waals surface area contributed by atoms with Crippen LogP contribution in [0, 0.1) is 0 Å². The highest BCUT2D eigenvalue weighted by Gasteiger charge is 2.19. The molecule has 1 saturated heterocycles. The Hall–Kier alpha value is -1.06. The van der Waals surface area contributed by atoms with Crippen molar-refractivity contribution in [3.63, 3.8) is 0 Å². The molecule has 0 aromatic heterocycles. The molecule has 1 fully saturated rings. The van der Waals surface area contributed by atoms with Crippen molar-refractivity contribution in [3.8, 4) is 5.75 Å². The van der Waals surface area contributed by atoms with Crippen LogP contribution in [0.5, 0.6) is 5.75 Å². The summed E-state index contributed by atoms with van der Waals surface area (Å²) >= 11 is 0. The van der Waals surface area contributed by atoms with Gasteiger partial charge in [-0.05, 0) is 38.4 Å². The minimum absolute atomic E-state index is 0.393. The van der Waals surface area contributed by atoms with E-state index in [2.05, 4.69) is 29.7 Å². The van der Waals surface area contributed by atoms with Crippen LogP contribution >= 0.6 is 0 Å².